The monoisotopic (exact) mass is 534 g/mol. The highest BCUT2D eigenvalue weighted by Gasteiger charge is 2.43. The van der Waals surface area contributed by atoms with Gasteiger partial charge in [0.15, 0.2) is 0 Å². The second-order valence-corrected chi connectivity index (χ2v) is 9.62. The van der Waals surface area contributed by atoms with Gasteiger partial charge in [-0.25, -0.2) is 9.59 Å². The molecule has 1 saturated carbocycles. The van der Waals surface area contributed by atoms with Crippen molar-refractivity contribution in [3.05, 3.63) is 87.9 Å². The van der Waals surface area contributed by atoms with Gasteiger partial charge in [0.25, 0.3) is 0 Å². The zero-order valence-corrected chi connectivity index (χ0v) is 20.2. The number of para-hydroxylation sites is 1. The van der Waals surface area contributed by atoms with Crippen LogP contribution in [0.4, 0.5) is 10.5 Å². The van der Waals surface area contributed by atoms with Gasteiger partial charge < -0.3 is 20.5 Å². The molecule has 0 aromatic heterocycles. The number of alkyl carbamates (subject to hydrolysis) is 1. The van der Waals surface area contributed by atoms with Crippen LogP contribution < -0.4 is 10.6 Å². The van der Waals surface area contributed by atoms with Crippen molar-refractivity contribution in [2.45, 2.75) is 12.3 Å². The van der Waals surface area contributed by atoms with E-state index in [9.17, 15) is 19.5 Å². The number of carboxylic acids is 1. The van der Waals surface area contributed by atoms with Gasteiger partial charge in [0.05, 0.1) is 11.3 Å². The quantitative estimate of drug-likeness (QED) is 0.383. The zero-order chi connectivity index (χ0) is 24.5. The summed E-state index contributed by atoms with van der Waals surface area (Å²) in [5.41, 5.74) is 4.88. The van der Waals surface area contributed by atoms with Crippen molar-refractivity contribution in [3.63, 3.8) is 0 Å². The second kappa shape index (κ2) is 9.54. The first kappa shape index (κ1) is 23.1. The number of nitrogens with one attached hydrogen (secondary N) is 2. The Morgan fingerprint density at radius 1 is 0.943 bits per heavy atom. The van der Waals surface area contributed by atoms with Crippen LogP contribution in [-0.2, 0) is 9.53 Å². The predicted molar refractivity (Wildman–Crippen MR) is 134 cm³/mol. The molecule has 3 N–H and O–H groups in total. The number of anilines is 1. The molecule has 35 heavy (non-hydrogen) atoms. The lowest BCUT2D eigenvalue weighted by Gasteiger charge is -2.14. The summed E-state index contributed by atoms with van der Waals surface area (Å²) in [7, 11) is 0. The van der Waals surface area contributed by atoms with Crippen LogP contribution in [0.15, 0.2) is 71.2 Å². The molecule has 5 rings (SSSR count). The lowest BCUT2D eigenvalue weighted by molar-refractivity contribution is -0.117. The molecule has 0 heterocycles. The molecular formula is C27H23BrN2O5. The third-order valence-electron chi connectivity index (χ3n) is 6.60. The fourth-order valence-electron chi connectivity index (χ4n) is 4.70. The summed E-state index contributed by atoms with van der Waals surface area (Å²) < 4.78 is 6.04. The maximum absolute atomic E-state index is 12.6. The van der Waals surface area contributed by atoms with Crippen molar-refractivity contribution in [3.8, 4) is 11.1 Å². The van der Waals surface area contributed by atoms with E-state index in [2.05, 4.69) is 50.8 Å². The Morgan fingerprint density at radius 3 is 2.26 bits per heavy atom. The van der Waals surface area contributed by atoms with Crippen molar-refractivity contribution in [2.75, 3.05) is 18.5 Å². The molecule has 2 amide bonds. The largest absolute Gasteiger partial charge is 0.478 e. The molecule has 2 atom stereocenters. The molecule has 1 fully saturated rings. The van der Waals surface area contributed by atoms with Crippen LogP contribution in [0, 0.1) is 11.8 Å². The van der Waals surface area contributed by atoms with Crippen LogP contribution >= 0.6 is 15.9 Å². The Balaban J connectivity index is 1.13. The van der Waals surface area contributed by atoms with Crippen molar-refractivity contribution in [1.29, 1.82) is 0 Å². The van der Waals surface area contributed by atoms with Crippen molar-refractivity contribution in [2.24, 2.45) is 11.8 Å². The summed E-state index contributed by atoms with van der Waals surface area (Å²) in [6, 6.07) is 21.0. The highest BCUT2D eigenvalue weighted by molar-refractivity contribution is 9.10. The number of hydrogen-bond donors (Lipinski definition) is 3. The molecule has 0 radical (unpaired) electrons. The highest BCUT2D eigenvalue weighted by Crippen LogP contribution is 2.44. The molecule has 8 heteroatoms. The minimum atomic E-state index is -1.12. The van der Waals surface area contributed by atoms with Crippen LogP contribution in [0.1, 0.15) is 33.8 Å². The average molecular weight is 535 g/mol. The Labute approximate surface area is 210 Å². The normalized spacial score (nSPS) is 17.7. The fourth-order valence-corrected chi connectivity index (χ4v) is 5.17. The minimum absolute atomic E-state index is 0.0136. The van der Waals surface area contributed by atoms with Crippen LogP contribution in [0.2, 0.25) is 0 Å². The summed E-state index contributed by atoms with van der Waals surface area (Å²) in [6.07, 6.45) is 0.0967. The van der Waals surface area contributed by atoms with Crippen molar-refractivity contribution < 1.29 is 24.2 Å². The Hall–Kier alpha value is -3.65. The van der Waals surface area contributed by atoms with Gasteiger partial charge >= 0.3 is 12.1 Å². The van der Waals surface area contributed by atoms with Gasteiger partial charge in [0.2, 0.25) is 5.91 Å². The second-order valence-electron chi connectivity index (χ2n) is 8.77. The van der Waals surface area contributed by atoms with Gasteiger partial charge in [0.1, 0.15) is 6.61 Å². The number of rotatable bonds is 7. The van der Waals surface area contributed by atoms with Gasteiger partial charge in [0, 0.05) is 22.9 Å². The maximum Gasteiger partial charge on any atom is 0.407 e. The van der Waals surface area contributed by atoms with Crippen LogP contribution in [-0.4, -0.2) is 36.2 Å². The number of carbonyl (C=O) groups excluding carboxylic acids is 2. The minimum Gasteiger partial charge on any atom is -0.478 e. The topological polar surface area (TPSA) is 105 Å². The van der Waals surface area contributed by atoms with E-state index >= 15 is 0 Å². The number of benzene rings is 3. The van der Waals surface area contributed by atoms with Gasteiger partial charge in [-0.05, 0) is 62.7 Å². The van der Waals surface area contributed by atoms with E-state index in [0.717, 1.165) is 11.1 Å². The third kappa shape index (κ3) is 4.66. The smallest absolute Gasteiger partial charge is 0.407 e. The molecule has 0 saturated heterocycles. The number of aromatic carboxylic acids is 1. The molecule has 2 aliphatic carbocycles. The summed E-state index contributed by atoms with van der Waals surface area (Å²) in [5.74, 6) is -1.71. The van der Waals surface area contributed by atoms with E-state index in [1.165, 1.54) is 17.2 Å². The molecule has 3 aromatic carbocycles. The van der Waals surface area contributed by atoms with Crippen molar-refractivity contribution >= 4 is 39.6 Å². The van der Waals surface area contributed by atoms with E-state index < -0.39 is 12.1 Å². The number of fused-ring (bicyclic) bond motifs is 3. The zero-order valence-electron chi connectivity index (χ0n) is 18.7. The standard InChI is InChI=1S/C27H23BrN2O5/c28-23-11-5-10-20(26(32)33)24(23)30-25(31)21-12-15(21)13-29-27(34)35-14-22-18-8-3-1-6-16(18)17-7-2-4-9-19(17)22/h1-11,15,21-22H,12-14H2,(H,29,34)(H,30,31)(H,32,33). The molecule has 2 unspecified atom stereocenters. The number of carbonyl (C=O) groups is 3. The van der Waals surface area contributed by atoms with Gasteiger partial charge in [-0.1, -0.05) is 54.6 Å². The first-order chi connectivity index (χ1) is 16.9. The Bertz CT molecular complexity index is 1280. The summed E-state index contributed by atoms with van der Waals surface area (Å²) in [6.45, 7) is 0.547. The number of hydrogen-bond acceptors (Lipinski definition) is 4. The van der Waals surface area contributed by atoms with Crippen LogP contribution in [0.5, 0.6) is 0 Å². The van der Waals surface area contributed by atoms with E-state index in [-0.39, 0.29) is 41.5 Å². The number of carboxylic acid groups (broad SMARTS) is 1. The molecule has 0 aliphatic heterocycles. The van der Waals surface area contributed by atoms with Crippen LogP contribution in [0.3, 0.4) is 0 Å². The first-order valence-electron chi connectivity index (χ1n) is 11.4. The molecular weight excluding hydrogens is 512 g/mol. The molecule has 7 nitrogen and oxygen atoms in total. The van der Waals surface area contributed by atoms with Crippen molar-refractivity contribution in [1.82, 2.24) is 5.32 Å². The lowest BCUT2D eigenvalue weighted by Crippen LogP contribution is -2.29. The number of halogens is 1. The maximum atomic E-state index is 12.6. The number of ether oxygens (including phenoxy) is 1. The first-order valence-corrected chi connectivity index (χ1v) is 12.1. The lowest BCUT2D eigenvalue weighted by atomic mass is 9.98. The van der Waals surface area contributed by atoms with E-state index in [4.69, 9.17) is 4.74 Å². The predicted octanol–water partition coefficient (Wildman–Crippen LogP) is 5.26. The molecule has 2 aliphatic rings. The van der Waals surface area contributed by atoms with E-state index in [1.54, 1.807) is 12.1 Å². The molecule has 3 aromatic rings. The molecule has 178 valence electrons. The fraction of sp³-hybridized carbons (Fsp3) is 0.222. The average Bonchev–Trinajstić information content (AvgIpc) is 3.57. The van der Waals surface area contributed by atoms with Gasteiger partial charge in [-0.15, -0.1) is 0 Å². The SMILES string of the molecule is O=C(NCC1CC1C(=O)Nc1c(Br)cccc1C(=O)O)OCC1c2ccccc2-c2ccccc21. The van der Waals surface area contributed by atoms with E-state index in [0.29, 0.717) is 17.4 Å². The third-order valence-corrected chi connectivity index (χ3v) is 7.26. The molecule has 0 spiro atoms. The van der Waals surface area contributed by atoms with Gasteiger partial charge in [-0.3, -0.25) is 4.79 Å². The van der Waals surface area contributed by atoms with E-state index in [1.807, 2.05) is 24.3 Å². The Kier molecular flexibility index (Phi) is 6.30. The summed E-state index contributed by atoms with van der Waals surface area (Å²) in [5, 5.41) is 14.8. The highest BCUT2D eigenvalue weighted by atomic mass is 79.9. The number of amides is 2. The Morgan fingerprint density at radius 2 is 1.60 bits per heavy atom. The van der Waals surface area contributed by atoms with Crippen LogP contribution in [0.25, 0.3) is 11.1 Å². The van der Waals surface area contributed by atoms with Gasteiger partial charge in [-0.2, -0.15) is 0 Å². The molecule has 0 bridgehead atoms. The summed E-state index contributed by atoms with van der Waals surface area (Å²) in [4.78, 5) is 36.4. The summed E-state index contributed by atoms with van der Waals surface area (Å²) >= 11 is 3.29.